The maximum Gasteiger partial charge on any atom is 0.0546 e. The fraction of sp³-hybridized carbons (Fsp3) is 0.0508. The van der Waals surface area contributed by atoms with Crippen LogP contribution in [0.3, 0.4) is 0 Å². The van der Waals surface area contributed by atoms with Crippen LogP contribution in [-0.4, -0.2) is 0 Å². The van der Waals surface area contributed by atoms with Gasteiger partial charge in [0.15, 0.2) is 0 Å². The molecule has 0 N–H and O–H groups in total. The van der Waals surface area contributed by atoms with Gasteiger partial charge in [0.25, 0.3) is 0 Å². The highest BCUT2D eigenvalue weighted by Crippen LogP contribution is 2.53. The Morgan fingerprint density at radius 3 is 1.65 bits per heavy atom. The maximum atomic E-state index is 2.50. The third-order valence-corrected chi connectivity index (χ3v) is 12.6. The van der Waals surface area contributed by atoms with Crippen molar-refractivity contribution in [3.05, 3.63) is 236 Å². The molecule has 11 rings (SSSR count). The Morgan fingerprint density at radius 2 is 0.867 bits per heavy atom. The Morgan fingerprint density at radius 1 is 0.317 bits per heavy atom. The molecule has 0 aromatic heterocycles. The lowest BCUT2D eigenvalue weighted by atomic mass is 9.82. The summed E-state index contributed by atoms with van der Waals surface area (Å²) in [6, 6.07) is 82.6. The van der Waals surface area contributed by atoms with Gasteiger partial charge in [-0.1, -0.05) is 196 Å². The quantitative estimate of drug-likeness (QED) is 0.146. The number of benzene rings is 10. The molecule has 0 fully saturated rings. The normalized spacial score (nSPS) is 12.6. The monoisotopic (exact) mass is 765 g/mol. The molecule has 284 valence electrons. The van der Waals surface area contributed by atoms with Gasteiger partial charge in [-0.05, 0) is 125 Å². The number of hydrogen-bond acceptors (Lipinski definition) is 1. The van der Waals surface area contributed by atoms with Crippen molar-refractivity contribution in [1.82, 2.24) is 0 Å². The highest BCUT2D eigenvalue weighted by atomic mass is 15.1. The fourth-order valence-corrected chi connectivity index (χ4v) is 9.73. The molecule has 1 aliphatic carbocycles. The van der Waals surface area contributed by atoms with Crippen LogP contribution in [0.15, 0.2) is 224 Å². The molecule has 1 aliphatic rings. The summed E-state index contributed by atoms with van der Waals surface area (Å²) in [7, 11) is 0. The molecular weight excluding hydrogens is 723 g/mol. The second kappa shape index (κ2) is 14.4. The van der Waals surface area contributed by atoms with Crippen LogP contribution < -0.4 is 4.90 Å². The zero-order valence-corrected chi connectivity index (χ0v) is 33.8. The fourth-order valence-electron chi connectivity index (χ4n) is 9.73. The van der Waals surface area contributed by atoms with E-state index in [2.05, 4.69) is 243 Å². The van der Waals surface area contributed by atoms with Crippen LogP contribution in [0.5, 0.6) is 0 Å². The average Bonchev–Trinajstić information content (AvgIpc) is 3.54. The smallest absolute Gasteiger partial charge is 0.0546 e. The molecule has 1 nitrogen and oxygen atoms in total. The minimum atomic E-state index is -0.155. The Balaban J connectivity index is 1.22. The third kappa shape index (κ3) is 5.93. The second-order valence-corrected chi connectivity index (χ2v) is 16.5. The van der Waals surface area contributed by atoms with Crippen LogP contribution >= 0.6 is 0 Å². The lowest BCUT2D eigenvalue weighted by Crippen LogP contribution is -2.17. The molecule has 0 bridgehead atoms. The molecule has 0 atom stereocenters. The lowest BCUT2D eigenvalue weighted by molar-refractivity contribution is 0.660. The summed E-state index contributed by atoms with van der Waals surface area (Å²) in [4.78, 5) is 2.50. The van der Waals surface area contributed by atoms with Gasteiger partial charge in [-0.25, -0.2) is 0 Å². The zero-order chi connectivity index (χ0) is 40.2. The van der Waals surface area contributed by atoms with E-state index in [4.69, 9.17) is 0 Å². The largest absolute Gasteiger partial charge is 0.310 e. The summed E-state index contributed by atoms with van der Waals surface area (Å²) < 4.78 is 0. The zero-order valence-electron chi connectivity index (χ0n) is 33.8. The van der Waals surface area contributed by atoms with E-state index in [0.29, 0.717) is 0 Å². The van der Waals surface area contributed by atoms with Crippen LogP contribution in [0.1, 0.15) is 25.0 Å². The van der Waals surface area contributed by atoms with Crippen molar-refractivity contribution in [3.8, 4) is 55.6 Å². The molecule has 0 radical (unpaired) electrons. The van der Waals surface area contributed by atoms with Crippen molar-refractivity contribution < 1.29 is 0 Å². The molecule has 1 heteroatoms. The van der Waals surface area contributed by atoms with E-state index in [1.165, 1.54) is 82.7 Å². The summed E-state index contributed by atoms with van der Waals surface area (Å²) in [5.41, 5.74) is 18.1. The van der Waals surface area contributed by atoms with E-state index in [9.17, 15) is 0 Å². The van der Waals surface area contributed by atoms with Gasteiger partial charge in [0.1, 0.15) is 0 Å². The van der Waals surface area contributed by atoms with Gasteiger partial charge < -0.3 is 4.90 Å². The molecule has 60 heavy (non-hydrogen) atoms. The van der Waals surface area contributed by atoms with Crippen molar-refractivity contribution in [2.24, 2.45) is 0 Å². The first-order valence-corrected chi connectivity index (χ1v) is 20.9. The van der Waals surface area contributed by atoms with E-state index < -0.39 is 0 Å². The number of rotatable bonds is 7. The molecule has 10 aromatic rings. The van der Waals surface area contributed by atoms with Gasteiger partial charge in [0.2, 0.25) is 0 Å². The molecular formula is C59H43N. The van der Waals surface area contributed by atoms with E-state index in [0.717, 1.165) is 22.6 Å². The predicted molar refractivity (Wildman–Crippen MR) is 255 cm³/mol. The van der Waals surface area contributed by atoms with Gasteiger partial charge >= 0.3 is 0 Å². The Bertz CT molecular complexity index is 3230. The van der Waals surface area contributed by atoms with Gasteiger partial charge in [0.05, 0.1) is 5.69 Å². The standard InChI is InChI=1S/C59H43N/c1-59(2)55-32-14-13-30-51(55)52-35-34-47(39-56(52)59)60(46-26-16-24-43(37-46)41-20-7-4-8-21-41)57-33-17-31-53(58(57)45-25-15-23-42(36-45)40-18-5-3-6-19-40)54-38-44-22-9-10-27-48(44)49-28-11-12-29-50(49)54/h3-39H,1-2H3. The SMILES string of the molecule is CC1(C)c2ccccc2-c2ccc(N(c3cccc(-c4ccccc4)c3)c3cccc(-c4cc5ccccc5c5ccccc45)c3-c3cccc(-c4ccccc4)c3)cc21. The lowest BCUT2D eigenvalue weighted by Gasteiger charge is -2.31. The first-order chi connectivity index (χ1) is 29.5. The predicted octanol–water partition coefficient (Wildman–Crippen LogP) is 16.4. The summed E-state index contributed by atoms with van der Waals surface area (Å²) in [6.07, 6.45) is 0. The summed E-state index contributed by atoms with van der Waals surface area (Å²) in [6.45, 7) is 4.74. The molecule has 10 aromatic carbocycles. The Labute approximate surface area is 352 Å². The minimum Gasteiger partial charge on any atom is -0.310 e. The highest BCUT2D eigenvalue weighted by molar-refractivity contribution is 6.15. The van der Waals surface area contributed by atoms with E-state index in [-0.39, 0.29) is 5.41 Å². The Kier molecular flexibility index (Phi) is 8.57. The third-order valence-electron chi connectivity index (χ3n) is 12.6. The summed E-state index contributed by atoms with van der Waals surface area (Å²) in [5, 5.41) is 4.99. The number of fused-ring (bicyclic) bond motifs is 6. The molecule has 0 heterocycles. The minimum absolute atomic E-state index is 0.155. The van der Waals surface area contributed by atoms with Crippen LogP contribution in [0.2, 0.25) is 0 Å². The van der Waals surface area contributed by atoms with E-state index in [1.54, 1.807) is 0 Å². The van der Waals surface area contributed by atoms with Gasteiger partial charge in [-0.3, -0.25) is 0 Å². The number of anilines is 3. The molecule has 0 amide bonds. The van der Waals surface area contributed by atoms with Gasteiger partial charge in [-0.2, -0.15) is 0 Å². The van der Waals surface area contributed by atoms with E-state index in [1.807, 2.05) is 0 Å². The topological polar surface area (TPSA) is 3.24 Å². The number of hydrogen-bond donors (Lipinski definition) is 0. The number of nitrogens with zero attached hydrogens (tertiary/aromatic N) is 1. The van der Waals surface area contributed by atoms with Crippen LogP contribution in [0, 0.1) is 0 Å². The Hall–Kier alpha value is -7.48. The van der Waals surface area contributed by atoms with E-state index >= 15 is 0 Å². The maximum absolute atomic E-state index is 2.50. The molecule has 0 saturated carbocycles. The van der Waals surface area contributed by atoms with Crippen molar-refractivity contribution in [1.29, 1.82) is 0 Å². The van der Waals surface area contributed by atoms with Crippen molar-refractivity contribution in [2.45, 2.75) is 19.3 Å². The first kappa shape index (κ1) is 35.7. The van der Waals surface area contributed by atoms with Crippen LogP contribution in [0.4, 0.5) is 17.1 Å². The van der Waals surface area contributed by atoms with Crippen LogP contribution in [0.25, 0.3) is 77.2 Å². The van der Waals surface area contributed by atoms with Crippen molar-refractivity contribution >= 4 is 38.6 Å². The molecule has 0 saturated heterocycles. The second-order valence-electron chi connectivity index (χ2n) is 16.5. The molecule has 0 spiro atoms. The molecule has 0 aliphatic heterocycles. The van der Waals surface area contributed by atoms with Crippen molar-refractivity contribution in [3.63, 3.8) is 0 Å². The molecule has 0 unspecified atom stereocenters. The highest BCUT2D eigenvalue weighted by Gasteiger charge is 2.36. The van der Waals surface area contributed by atoms with Gasteiger partial charge in [-0.15, -0.1) is 0 Å². The average molecular weight is 766 g/mol. The van der Waals surface area contributed by atoms with Crippen LogP contribution in [-0.2, 0) is 5.41 Å². The summed E-state index contributed by atoms with van der Waals surface area (Å²) in [5.74, 6) is 0. The van der Waals surface area contributed by atoms with Gasteiger partial charge in [0, 0.05) is 22.4 Å². The van der Waals surface area contributed by atoms with Crippen molar-refractivity contribution in [2.75, 3.05) is 4.90 Å². The summed E-state index contributed by atoms with van der Waals surface area (Å²) >= 11 is 0. The first-order valence-electron chi connectivity index (χ1n) is 20.9.